The molecule has 0 N–H and O–H groups in total. The first-order chi connectivity index (χ1) is 13.3. The molecule has 0 saturated heterocycles. The fourth-order valence-corrected chi connectivity index (χ4v) is 3.09. The highest BCUT2D eigenvalue weighted by Gasteiger charge is 2.30. The van der Waals surface area contributed by atoms with Gasteiger partial charge in [0.2, 0.25) is 5.89 Å². The summed E-state index contributed by atoms with van der Waals surface area (Å²) in [6, 6.07) is 16.1. The molecular formula is C22H16F3NO2. The number of hydrogen-bond donors (Lipinski definition) is 0. The van der Waals surface area contributed by atoms with Gasteiger partial charge in [0, 0.05) is 5.56 Å². The molecule has 1 heterocycles. The molecule has 28 heavy (non-hydrogen) atoms. The molecule has 6 heteroatoms. The normalized spacial score (nSPS) is 11.8. The van der Waals surface area contributed by atoms with E-state index in [4.69, 9.17) is 9.15 Å². The number of benzene rings is 3. The van der Waals surface area contributed by atoms with Gasteiger partial charge in [0.1, 0.15) is 11.3 Å². The number of alkyl halides is 3. The lowest BCUT2D eigenvalue weighted by atomic mass is 10.0. The number of oxazole rings is 1. The summed E-state index contributed by atoms with van der Waals surface area (Å²) in [6.45, 7) is 1.94. The predicted molar refractivity (Wildman–Crippen MR) is 101 cm³/mol. The lowest BCUT2D eigenvalue weighted by Gasteiger charge is -2.07. The van der Waals surface area contributed by atoms with Gasteiger partial charge in [0.25, 0.3) is 0 Å². The summed E-state index contributed by atoms with van der Waals surface area (Å²) in [5.41, 5.74) is 3.80. The predicted octanol–water partition coefficient (Wildman–Crippen LogP) is 6.50. The lowest BCUT2D eigenvalue weighted by Crippen LogP contribution is -2.03. The van der Waals surface area contributed by atoms with Gasteiger partial charge >= 0.3 is 6.18 Å². The van der Waals surface area contributed by atoms with Crippen LogP contribution in [0.25, 0.3) is 33.7 Å². The molecule has 0 radical (unpaired) electrons. The van der Waals surface area contributed by atoms with Gasteiger partial charge in [-0.25, -0.2) is 4.98 Å². The molecule has 0 aliphatic heterocycles. The summed E-state index contributed by atoms with van der Waals surface area (Å²) < 4.78 is 49.4. The molecule has 3 aromatic carbocycles. The van der Waals surface area contributed by atoms with Gasteiger partial charge < -0.3 is 9.15 Å². The minimum atomic E-state index is -4.35. The van der Waals surface area contributed by atoms with Crippen LogP contribution in [0.15, 0.2) is 65.1 Å². The van der Waals surface area contributed by atoms with Gasteiger partial charge in [0.05, 0.1) is 12.7 Å². The summed E-state index contributed by atoms with van der Waals surface area (Å²) in [6.07, 6.45) is -4.35. The molecule has 4 aromatic rings. The minimum absolute atomic E-state index is 0.477. The summed E-state index contributed by atoms with van der Waals surface area (Å²) >= 11 is 0. The quantitative estimate of drug-likeness (QED) is 0.405. The first-order valence-corrected chi connectivity index (χ1v) is 8.58. The lowest BCUT2D eigenvalue weighted by molar-refractivity contribution is -0.137. The standard InChI is InChI=1S/C22H16F3NO2/c1-13-11-16(6-10-19(13)27-2)21-26-18-9-5-15(12-20(18)28-21)14-3-7-17(8-4-14)22(23,24)25/h3-12H,1-2H3. The Bertz CT molecular complexity index is 1140. The van der Waals surface area contributed by atoms with Crippen LogP contribution in [0.4, 0.5) is 13.2 Å². The molecule has 0 amide bonds. The number of halogens is 3. The zero-order chi connectivity index (χ0) is 19.9. The van der Waals surface area contributed by atoms with Crippen molar-refractivity contribution >= 4 is 11.1 Å². The smallest absolute Gasteiger partial charge is 0.416 e. The zero-order valence-corrected chi connectivity index (χ0v) is 15.2. The van der Waals surface area contributed by atoms with E-state index in [0.717, 1.165) is 34.6 Å². The van der Waals surface area contributed by atoms with Crippen molar-refractivity contribution in [3.8, 4) is 28.3 Å². The number of fused-ring (bicyclic) bond motifs is 1. The Balaban J connectivity index is 1.69. The monoisotopic (exact) mass is 383 g/mol. The van der Waals surface area contributed by atoms with Crippen LogP contribution in [0.2, 0.25) is 0 Å². The highest BCUT2D eigenvalue weighted by atomic mass is 19.4. The first-order valence-electron chi connectivity index (χ1n) is 8.58. The van der Waals surface area contributed by atoms with Crippen molar-refractivity contribution in [2.75, 3.05) is 7.11 Å². The van der Waals surface area contributed by atoms with Gasteiger partial charge in [-0.1, -0.05) is 18.2 Å². The van der Waals surface area contributed by atoms with Gasteiger partial charge in [0.15, 0.2) is 5.58 Å². The first kappa shape index (κ1) is 18.1. The van der Waals surface area contributed by atoms with Crippen LogP contribution in [0.5, 0.6) is 5.75 Å². The van der Waals surface area contributed by atoms with Crippen molar-refractivity contribution in [1.29, 1.82) is 0 Å². The van der Waals surface area contributed by atoms with Crippen molar-refractivity contribution in [3.05, 3.63) is 71.8 Å². The van der Waals surface area contributed by atoms with Crippen molar-refractivity contribution in [1.82, 2.24) is 4.98 Å². The van der Waals surface area contributed by atoms with E-state index >= 15 is 0 Å². The van der Waals surface area contributed by atoms with E-state index in [9.17, 15) is 13.2 Å². The molecule has 0 saturated carbocycles. The Morgan fingerprint density at radius 1 is 0.857 bits per heavy atom. The number of aromatic nitrogens is 1. The van der Waals surface area contributed by atoms with E-state index < -0.39 is 11.7 Å². The molecule has 0 atom stereocenters. The van der Waals surface area contributed by atoms with Crippen LogP contribution in [0, 0.1) is 6.92 Å². The third-order valence-electron chi connectivity index (χ3n) is 4.58. The zero-order valence-electron chi connectivity index (χ0n) is 15.2. The maximum Gasteiger partial charge on any atom is 0.416 e. The SMILES string of the molecule is COc1ccc(-c2nc3ccc(-c4ccc(C(F)(F)F)cc4)cc3o2)cc1C. The number of hydrogen-bond acceptors (Lipinski definition) is 3. The third kappa shape index (κ3) is 3.33. The molecule has 0 aliphatic rings. The average Bonchev–Trinajstić information content (AvgIpc) is 3.10. The van der Waals surface area contributed by atoms with E-state index in [0.29, 0.717) is 22.6 Å². The van der Waals surface area contributed by atoms with E-state index in [1.807, 2.05) is 31.2 Å². The van der Waals surface area contributed by atoms with E-state index in [1.54, 1.807) is 19.2 Å². The Morgan fingerprint density at radius 2 is 1.54 bits per heavy atom. The molecule has 0 bridgehead atoms. The maximum absolute atomic E-state index is 12.7. The molecule has 3 nitrogen and oxygen atoms in total. The highest BCUT2D eigenvalue weighted by molar-refractivity contribution is 5.82. The summed E-state index contributed by atoms with van der Waals surface area (Å²) in [7, 11) is 1.62. The second-order valence-electron chi connectivity index (χ2n) is 6.46. The van der Waals surface area contributed by atoms with Crippen molar-refractivity contribution in [3.63, 3.8) is 0 Å². The highest BCUT2D eigenvalue weighted by Crippen LogP contribution is 2.33. The Hall–Kier alpha value is -3.28. The van der Waals surface area contributed by atoms with Gasteiger partial charge in [-0.05, 0) is 66.1 Å². The Labute approximate surface area is 159 Å². The van der Waals surface area contributed by atoms with Gasteiger partial charge in [-0.2, -0.15) is 13.2 Å². The average molecular weight is 383 g/mol. The molecule has 4 rings (SSSR count). The molecule has 0 aliphatic carbocycles. The largest absolute Gasteiger partial charge is 0.496 e. The number of nitrogens with zero attached hydrogens (tertiary/aromatic N) is 1. The number of aryl methyl sites for hydroxylation is 1. The third-order valence-corrected chi connectivity index (χ3v) is 4.58. The molecular weight excluding hydrogens is 367 g/mol. The Kier molecular flexibility index (Phi) is 4.34. The second kappa shape index (κ2) is 6.71. The molecule has 0 spiro atoms. The van der Waals surface area contributed by atoms with Gasteiger partial charge in [-0.3, -0.25) is 0 Å². The van der Waals surface area contributed by atoms with E-state index in [-0.39, 0.29) is 0 Å². The Morgan fingerprint density at radius 3 is 2.18 bits per heavy atom. The van der Waals surface area contributed by atoms with Gasteiger partial charge in [-0.15, -0.1) is 0 Å². The number of methoxy groups -OCH3 is 1. The topological polar surface area (TPSA) is 35.3 Å². The minimum Gasteiger partial charge on any atom is -0.496 e. The summed E-state index contributed by atoms with van der Waals surface area (Å²) in [5.74, 6) is 1.26. The van der Waals surface area contributed by atoms with Crippen LogP contribution in [0.1, 0.15) is 11.1 Å². The molecule has 0 unspecified atom stereocenters. The maximum atomic E-state index is 12.7. The van der Waals surface area contributed by atoms with Crippen LogP contribution in [-0.2, 0) is 6.18 Å². The van der Waals surface area contributed by atoms with Crippen LogP contribution in [-0.4, -0.2) is 12.1 Å². The fourth-order valence-electron chi connectivity index (χ4n) is 3.09. The second-order valence-corrected chi connectivity index (χ2v) is 6.46. The van der Waals surface area contributed by atoms with E-state index in [2.05, 4.69) is 4.98 Å². The van der Waals surface area contributed by atoms with E-state index in [1.165, 1.54) is 12.1 Å². The number of rotatable bonds is 3. The van der Waals surface area contributed by atoms with Crippen LogP contribution < -0.4 is 4.74 Å². The molecule has 1 aromatic heterocycles. The van der Waals surface area contributed by atoms with Crippen molar-refractivity contribution < 1.29 is 22.3 Å². The molecule has 0 fully saturated rings. The summed E-state index contributed by atoms with van der Waals surface area (Å²) in [4.78, 5) is 4.50. The van der Waals surface area contributed by atoms with Crippen molar-refractivity contribution in [2.45, 2.75) is 13.1 Å². The van der Waals surface area contributed by atoms with Crippen LogP contribution in [0.3, 0.4) is 0 Å². The molecule has 142 valence electrons. The van der Waals surface area contributed by atoms with Crippen LogP contribution >= 0.6 is 0 Å². The summed E-state index contributed by atoms with van der Waals surface area (Å²) in [5, 5.41) is 0. The van der Waals surface area contributed by atoms with Crippen molar-refractivity contribution in [2.24, 2.45) is 0 Å². The fraction of sp³-hybridized carbons (Fsp3) is 0.136. The number of ether oxygens (including phenoxy) is 1.